The number of ether oxygens (including phenoxy) is 1. The first-order valence-corrected chi connectivity index (χ1v) is 11.5. The van der Waals surface area contributed by atoms with E-state index in [0.29, 0.717) is 25.3 Å². The predicted molar refractivity (Wildman–Crippen MR) is 129 cm³/mol. The second-order valence-electron chi connectivity index (χ2n) is 8.39. The molecule has 0 aromatic heterocycles. The molecule has 9 nitrogen and oxygen atoms in total. The van der Waals surface area contributed by atoms with E-state index in [1.165, 1.54) is 9.91 Å². The van der Waals surface area contributed by atoms with Crippen molar-refractivity contribution in [2.45, 2.75) is 18.8 Å². The maximum absolute atomic E-state index is 13.5. The van der Waals surface area contributed by atoms with E-state index in [-0.39, 0.29) is 37.5 Å². The van der Waals surface area contributed by atoms with Crippen LogP contribution in [0.2, 0.25) is 0 Å². The molecule has 4 amide bonds. The average molecular weight is 476 g/mol. The van der Waals surface area contributed by atoms with Gasteiger partial charge < -0.3 is 19.9 Å². The molecule has 2 aromatic carbocycles. The van der Waals surface area contributed by atoms with Crippen LogP contribution in [0.3, 0.4) is 0 Å². The van der Waals surface area contributed by atoms with Gasteiger partial charge in [0, 0.05) is 20.2 Å². The Balaban J connectivity index is 1.69. The maximum atomic E-state index is 13.5. The largest absolute Gasteiger partial charge is 0.383 e. The van der Waals surface area contributed by atoms with Gasteiger partial charge in [-0.3, -0.25) is 9.59 Å². The van der Waals surface area contributed by atoms with Crippen LogP contribution in [0.5, 0.6) is 0 Å². The Hall–Kier alpha value is -3.87. The van der Waals surface area contributed by atoms with E-state index in [1.54, 1.807) is 17.0 Å². The van der Waals surface area contributed by atoms with Crippen LogP contribution in [0.25, 0.3) is 0 Å². The molecule has 182 valence electrons. The summed E-state index contributed by atoms with van der Waals surface area (Å²) in [5.74, 6) is 2.08. The zero-order chi connectivity index (χ0) is 24.8. The fraction of sp³-hybridized carbons (Fsp3) is 0.346. The van der Waals surface area contributed by atoms with Gasteiger partial charge in [0.2, 0.25) is 11.8 Å². The number of hydrazine groups is 1. The zero-order valence-corrected chi connectivity index (χ0v) is 19.7. The van der Waals surface area contributed by atoms with Gasteiger partial charge in [0.1, 0.15) is 12.2 Å². The van der Waals surface area contributed by atoms with Crippen molar-refractivity contribution in [3.05, 3.63) is 71.8 Å². The Bertz CT molecular complexity index is 1090. The maximum Gasteiger partial charge on any atom is 0.334 e. The van der Waals surface area contributed by atoms with Crippen molar-refractivity contribution in [3.63, 3.8) is 0 Å². The Morgan fingerprint density at radius 2 is 1.80 bits per heavy atom. The number of fused-ring (bicyclic) bond motifs is 1. The summed E-state index contributed by atoms with van der Waals surface area (Å²) in [5, 5.41) is 6.00. The van der Waals surface area contributed by atoms with Crippen LogP contribution in [0.15, 0.2) is 60.7 Å². The summed E-state index contributed by atoms with van der Waals surface area (Å²) < 4.78 is 5.21. The van der Waals surface area contributed by atoms with E-state index in [2.05, 4.69) is 11.2 Å². The minimum Gasteiger partial charge on any atom is -0.383 e. The highest BCUT2D eigenvalue weighted by Crippen LogP contribution is 2.34. The number of methoxy groups -OCH3 is 1. The quantitative estimate of drug-likeness (QED) is 0.613. The lowest BCUT2D eigenvalue weighted by Crippen LogP contribution is -2.74. The minimum absolute atomic E-state index is 0.0802. The molecule has 9 heteroatoms. The molecule has 2 fully saturated rings. The van der Waals surface area contributed by atoms with Crippen molar-refractivity contribution in [1.82, 2.24) is 25.1 Å². The molecule has 2 aromatic rings. The third-order valence-corrected chi connectivity index (χ3v) is 6.17. The summed E-state index contributed by atoms with van der Waals surface area (Å²) in [6.07, 6.45) is 4.86. The number of hydrogen-bond acceptors (Lipinski definition) is 5. The summed E-state index contributed by atoms with van der Waals surface area (Å²) in [7, 11) is 1.57. The normalized spacial score (nSPS) is 20.4. The number of rotatable bonds is 7. The monoisotopic (exact) mass is 475 g/mol. The van der Waals surface area contributed by atoms with Gasteiger partial charge >= 0.3 is 6.03 Å². The average Bonchev–Trinajstić information content (AvgIpc) is 2.88. The second kappa shape index (κ2) is 11.0. The first-order valence-electron chi connectivity index (χ1n) is 11.5. The summed E-state index contributed by atoms with van der Waals surface area (Å²) in [6, 6.07) is 17.5. The highest BCUT2D eigenvalue weighted by Gasteiger charge is 2.51. The van der Waals surface area contributed by atoms with Gasteiger partial charge in [-0.05, 0) is 11.1 Å². The van der Waals surface area contributed by atoms with E-state index in [4.69, 9.17) is 11.2 Å². The number of amides is 4. The molecule has 4 rings (SSSR count). The SMILES string of the molecule is C#CCN1CC(=O)N2[C@@H](c3ccccc3)C(=O)N(CCOC)C[C@@H]2N1C(=O)NCc1ccccc1. The molecule has 35 heavy (non-hydrogen) atoms. The summed E-state index contributed by atoms with van der Waals surface area (Å²) in [4.78, 5) is 43.6. The predicted octanol–water partition coefficient (Wildman–Crippen LogP) is 1.45. The molecule has 0 unspecified atom stereocenters. The molecule has 2 heterocycles. The number of benzene rings is 2. The molecule has 0 radical (unpaired) electrons. The molecule has 0 bridgehead atoms. The molecule has 2 aliphatic heterocycles. The topological polar surface area (TPSA) is 85.4 Å². The van der Waals surface area contributed by atoms with Gasteiger partial charge in [-0.2, -0.15) is 5.01 Å². The highest BCUT2D eigenvalue weighted by molar-refractivity contribution is 5.92. The van der Waals surface area contributed by atoms with Crippen LogP contribution in [0.1, 0.15) is 17.2 Å². The molecule has 0 aliphatic carbocycles. The highest BCUT2D eigenvalue weighted by atomic mass is 16.5. The molecule has 0 saturated carbocycles. The van der Waals surface area contributed by atoms with Crippen molar-refractivity contribution in [2.75, 3.05) is 39.9 Å². The van der Waals surface area contributed by atoms with Crippen molar-refractivity contribution in [3.8, 4) is 12.3 Å². The van der Waals surface area contributed by atoms with Gasteiger partial charge in [-0.1, -0.05) is 66.6 Å². The van der Waals surface area contributed by atoms with Gasteiger partial charge in [-0.15, -0.1) is 6.42 Å². The number of piperazine rings is 1. The van der Waals surface area contributed by atoms with Crippen LogP contribution in [-0.4, -0.2) is 83.7 Å². The number of urea groups is 1. The first kappa shape index (κ1) is 24.3. The Labute approximate surface area is 205 Å². The molecule has 0 spiro atoms. The lowest BCUT2D eigenvalue weighted by Gasteiger charge is -2.54. The van der Waals surface area contributed by atoms with Crippen molar-refractivity contribution < 1.29 is 19.1 Å². The van der Waals surface area contributed by atoms with Gasteiger partial charge in [-0.25, -0.2) is 9.80 Å². The van der Waals surface area contributed by atoms with Crippen molar-refractivity contribution in [2.24, 2.45) is 0 Å². The van der Waals surface area contributed by atoms with Gasteiger partial charge in [0.05, 0.1) is 26.2 Å². The Kier molecular flexibility index (Phi) is 7.65. The summed E-state index contributed by atoms with van der Waals surface area (Å²) in [6.45, 7) is 1.12. The number of terminal acetylenes is 1. The third kappa shape index (κ3) is 5.14. The molecule has 1 N–H and O–H groups in total. The Morgan fingerprint density at radius 1 is 1.11 bits per heavy atom. The molecular formula is C26H29N5O4. The van der Waals surface area contributed by atoms with Crippen LogP contribution in [-0.2, 0) is 20.9 Å². The number of nitrogens with zero attached hydrogens (tertiary/aromatic N) is 4. The minimum atomic E-state index is -0.850. The second-order valence-corrected chi connectivity index (χ2v) is 8.39. The number of carbonyl (C=O) groups excluding carboxylic acids is 3. The number of hydrogen-bond donors (Lipinski definition) is 1. The zero-order valence-electron chi connectivity index (χ0n) is 19.7. The van der Waals surface area contributed by atoms with Gasteiger partial charge in [0.15, 0.2) is 0 Å². The number of carbonyl (C=O) groups is 3. The van der Waals surface area contributed by atoms with Crippen LogP contribution >= 0.6 is 0 Å². The lowest BCUT2D eigenvalue weighted by atomic mass is 9.99. The van der Waals surface area contributed by atoms with E-state index in [1.807, 2.05) is 60.7 Å². The molecule has 2 atom stereocenters. The van der Waals surface area contributed by atoms with Crippen LogP contribution in [0, 0.1) is 12.3 Å². The molecule has 2 saturated heterocycles. The Morgan fingerprint density at radius 3 is 2.46 bits per heavy atom. The fourth-order valence-electron chi connectivity index (χ4n) is 4.54. The van der Waals surface area contributed by atoms with Crippen LogP contribution < -0.4 is 5.32 Å². The third-order valence-electron chi connectivity index (χ3n) is 6.17. The standard InChI is InChI=1S/C26H29N5O4/c1-3-14-29-19-23(32)30-22(31(29)26(34)27-17-20-10-6-4-7-11-20)18-28(15-16-35-2)25(33)24(30)21-12-8-5-9-13-21/h1,4-13,22,24H,14-19H2,2H3,(H,27,34)/t22-,24-/m0/s1. The van der Waals surface area contributed by atoms with Crippen molar-refractivity contribution >= 4 is 17.8 Å². The number of nitrogens with one attached hydrogen (secondary N) is 1. The molecule has 2 aliphatic rings. The van der Waals surface area contributed by atoms with E-state index >= 15 is 0 Å². The van der Waals surface area contributed by atoms with Gasteiger partial charge in [0.25, 0.3) is 0 Å². The van der Waals surface area contributed by atoms with E-state index in [9.17, 15) is 14.4 Å². The molecular weight excluding hydrogens is 446 g/mol. The lowest BCUT2D eigenvalue weighted by molar-refractivity contribution is -0.189. The smallest absolute Gasteiger partial charge is 0.334 e. The van der Waals surface area contributed by atoms with Crippen molar-refractivity contribution in [1.29, 1.82) is 0 Å². The van der Waals surface area contributed by atoms with E-state index in [0.717, 1.165) is 5.56 Å². The van der Waals surface area contributed by atoms with Crippen LogP contribution in [0.4, 0.5) is 4.79 Å². The summed E-state index contributed by atoms with van der Waals surface area (Å²) >= 11 is 0. The fourth-order valence-corrected chi connectivity index (χ4v) is 4.54. The summed E-state index contributed by atoms with van der Waals surface area (Å²) in [5.41, 5.74) is 1.63. The van der Waals surface area contributed by atoms with E-state index < -0.39 is 12.2 Å². The first-order chi connectivity index (χ1) is 17.0.